The van der Waals surface area contributed by atoms with Crippen LogP contribution in [-0.4, -0.2) is 58.3 Å². The maximum Gasteiger partial charge on any atom is 0.522 e. The second-order valence-corrected chi connectivity index (χ2v) is 7.69. The SMILES string of the molecule is O=C(N[C@@H]1CC[C@@H](c2nnc(OCCOC(F)(F)F)o2)OC1)c1cnc2cc(C(F)(F)F)c(F)cc2n1. The molecule has 1 fully saturated rings. The summed E-state index contributed by atoms with van der Waals surface area (Å²) in [7, 11) is 0. The van der Waals surface area contributed by atoms with Crippen molar-refractivity contribution < 1.29 is 54.2 Å². The van der Waals surface area contributed by atoms with E-state index in [2.05, 4.69) is 30.2 Å². The van der Waals surface area contributed by atoms with Crippen LogP contribution < -0.4 is 10.1 Å². The first-order chi connectivity index (χ1) is 17.4. The van der Waals surface area contributed by atoms with Gasteiger partial charge in [0.2, 0.25) is 5.89 Å². The molecule has 3 heterocycles. The van der Waals surface area contributed by atoms with E-state index in [9.17, 15) is 35.5 Å². The van der Waals surface area contributed by atoms with Crippen LogP contribution in [0.2, 0.25) is 0 Å². The lowest BCUT2D eigenvalue weighted by atomic mass is 10.0. The molecule has 4 rings (SSSR count). The van der Waals surface area contributed by atoms with Gasteiger partial charge in [-0.3, -0.25) is 14.5 Å². The molecule has 1 aliphatic heterocycles. The normalized spacial score (nSPS) is 18.7. The summed E-state index contributed by atoms with van der Waals surface area (Å²) < 4.78 is 107. The molecule has 1 amide bonds. The molecule has 3 aromatic rings. The van der Waals surface area contributed by atoms with E-state index in [1.54, 1.807) is 0 Å². The van der Waals surface area contributed by atoms with Crippen LogP contribution in [-0.2, 0) is 15.7 Å². The Bertz CT molecular complexity index is 1260. The molecule has 0 aliphatic carbocycles. The third-order valence-corrected chi connectivity index (χ3v) is 5.05. The molecule has 37 heavy (non-hydrogen) atoms. The maximum absolute atomic E-state index is 13.8. The van der Waals surface area contributed by atoms with Crippen molar-refractivity contribution in [3.8, 4) is 6.08 Å². The topological polar surface area (TPSA) is 121 Å². The molecule has 1 aromatic carbocycles. The molecular weight excluding hydrogens is 523 g/mol. The highest BCUT2D eigenvalue weighted by molar-refractivity contribution is 5.94. The van der Waals surface area contributed by atoms with Gasteiger partial charge in [0.15, 0.2) is 0 Å². The number of nitrogens with one attached hydrogen (secondary N) is 1. The quantitative estimate of drug-likeness (QED) is 0.354. The van der Waals surface area contributed by atoms with Gasteiger partial charge in [-0.05, 0) is 18.9 Å². The summed E-state index contributed by atoms with van der Waals surface area (Å²) in [6.07, 6.45) is -9.04. The average Bonchev–Trinajstić information content (AvgIpc) is 3.29. The molecule has 0 spiro atoms. The van der Waals surface area contributed by atoms with Crippen molar-refractivity contribution in [3.63, 3.8) is 0 Å². The lowest BCUT2D eigenvalue weighted by molar-refractivity contribution is -0.325. The number of halogens is 7. The molecule has 1 saturated heterocycles. The molecule has 1 N–H and O–H groups in total. The van der Waals surface area contributed by atoms with E-state index in [1.165, 1.54) is 0 Å². The largest absolute Gasteiger partial charge is 0.522 e. The number of carbonyl (C=O) groups excluding carboxylic acids is 1. The Balaban J connectivity index is 1.29. The van der Waals surface area contributed by atoms with Crippen molar-refractivity contribution in [2.24, 2.45) is 0 Å². The summed E-state index contributed by atoms with van der Waals surface area (Å²) in [5.41, 5.74) is -2.18. The molecule has 17 heteroatoms. The molecule has 2 atom stereocenters. The van der Waals surface area contributed by atoms with Crippen LogP contribution in [0.25, 0.3) is 11.0 Å². The number of ether oxygens (including phenoxy) is 3. The summed E-state index contributed by atoms with van der Waals surface area (Å²) in [6, 6.07) is 0.588. The lowest BCUT2D eigenvalue weighted by Crippen LogP contribution is -2.41. The van der Waals surface area contributed by atoms with Crippen molar-refractivity contribution in [2.75, 3.05) is 19.8 Å². The highest BCUT2D eigenvalue weighted by Gasteiger charge is 2.35. The first-order valence-electron chi connectivity index (χ1n) is 10.5. The Morgan fingerprint density at radius 1 is 1.08 bits per heavy atom. The van der Waals surface area contributed by atoms with Crippen molar-refractivity contribution in [1.29, 1.82) is 0 Å². The first kappa shape index (κ1) is 26.5. The van der Waals surface area contributed by atoms with Gasteiger partial charge in [-0.1, -0.05) is 5.10 Å². The van der Waals surface area contributed by atoms with Crippen LogP contribution in [0.15, 0.2) is 22.7 Å². The van der Waals surface area contributed by atoms with Gasteiger partial charge in [-0.15, -0.1) is 18.3 Å². The van der Waals surface area contributed by atoms with E-state index >= 15 is 0 Å². The second-order valence-electron chi connectivity index (χ2n) is 7.69. The van der Waals surface area contributed by atoms with E-state index in [-0.39, 0.29) is 35.3 Å². The van der Waals surface area contributed by atoms with Crippen LogP contribution >= 0.6 is 0 Å². The Labute approximate surface area is 202 Å². The fourth-order valence-corrected chi connectivity index (χ4v) is 3.37. The number of aromatic nitrogens is 4. The summed E-state index contributed by atoms with van der Waals surface area (Å²) in [4.78, 5) is 20.2. The molecule has 0 bridgehead atoms. The second kappa shape index (κ2) is 10.4. The number of fused-ring (bicyclic) bond motifs is 1. The lowest BCUT2D eigenvalue weighted by Gasteiger charge is -2.27. The highest BCUT2D eigenvalue weighted by Crippen LogP contribution is 2.33. The van der Waals surface area contributed by atoms with Gasteiger partial charge in [0.05, 0.1) is 42.0 Å². The van der Waals surface area contributed by atoms with Crippen LogP contribution in [0.1, 0.15) is 40.9 Å². The third kappa shape index (κ3) is 6.79. The molecule has 10 nitrogen and oxygen atoms in total. The predicted octanol–water partition coefficient (Wildman–Crippen LogP) is 3.74. The number of alkyl halides is 6. The molecule has 1 aliphatic rings. The van der Waals surface area contributed by atoms with E-state index < -0.39 is 55.2 Å². The van der Waals surface area contributed by atoms with Crippen LogP contribution in [0.4, 0.5) is 30.7 Å². The number of nitrogens with zero attached hydrogens (tertiary/aromatic N) is 4. The minimum Gasteiger partial charge on any atom is -0.447 e. The van der Waals surface area contributed by atoms with Gasteiger partial charge in [-0.2, -0.15) is 13.2 Å². The third-order valence-electron chi connectivity index (χ3n) is 5.05. The van der Waals surface area contributed by atoms with Gasteiger partial charge < -0.3 is 19.2 Å². The number of amides is 1. The van der Waals surface area contributed by atoms with Gasteiger partial charge in [0, 0.05) is 6.07 Å². The number of rotatable bonds is 7. The summed E-state index contributed by atoms with van der Waals surface area (Å²) in [5.74, 6) is -2.21. The number of hydrogen-bond donors (Lipinski definition) is 1. The summed E-state index contributed by atoms with van der Waals surface area (Å²) >= 11 is 0. The van der Waals surface area contributed by atoms with Gasteiger partial charge in [0.1, 0.15) is 24.2 Å². The Hall–Kier alpha value is -3.60. The van der Waals surface area contributed by atoms with E-state index in [0.717, 1.165) is 6.20 Å². The van der Waals surface area contributed by atoms with Crippen molar-refractivity contribution >= 4 is 16.9 Å². The standard InChI is InChI=1S/C20H16F7N5O5/c21-11-6-13-12(5-10(11)19(22,23)24)28-7-14(30-13)16(33)29-9-1-2-15(35-8-9)17-31-32-18(37-17)34-3-4-36-20(25,26)27/h5-7,9,15H,1-4,8H2,(H,29,33)/t9-,15+/m1/s1. The molecular formula is C20H16F7N5O5. The Morgan fingerprint density at radius 3 is 2.54 bits per heavy atom. The zero-order valence-electron chi connectivity index (χ0n) is 18.4. The minimum absolute atomic E-state index is 0.0129. The zero-order valence-corrected chi connectivity index (χ0v) is 18.4. The smallest absolute Gasteiger partial charge is 0.447 e. The molecule has 0 radical (unpaired) electrons. The summed E-state index contributed by atoms with van der Waals surface area (Å²) in [5, 5.41) is 9.91. The average molecular weight is 539 g/mol. The van der Waals surface area contributed by atoms with Crippen molar-refractivity contribution in [3.05, 3.63) is 41.3 Å². The maximum atomic E-state index is 13.8. The van der Waals surface area contributed by atoms with Gasteiger partial charge >= 0.3 is 18.6 Å². The van der Waals surface area contributed by atoms with Gasteiger partial charge in [-0.25, -0.2) is 9.37 Å². The monoisotopic (exact) mass is 539 g/mol. The number of hydrogen-bond acceptors (Lipinski definition) is 9. The summed E-state index contributed by atoms with van der Waals surface area (Å²) in [6.45, 7) is -1.23. The fraction of sp³-hybridized carbons (Fsp3) is 0.450. The van der Waals surface area contributed by atoms with Crippen molar-refractivity contribution in [1.82, 2.24) is 25.5 Å². The Kier molecular flexibility index (Phi) is 7.44. The van der Waals surface area contributed by atoms with Crippen LogP contribution in [0.5, 0.6) is 6.08 Å². The van der Waals surface area contributed by atoms with Gasteiger partial charge in [0.25, 0.3) is 5.91 Å². The van der Waals surface area contributed by atoms with E-state index in [1.807, 2.05) is 0 Å². The predicted molar refractivity (Wildman–Crippen MR) is 105 cm³/mol. The molecule has 200 valence electrons. The van der Waals surface area contributed by atoms with Crippen molar-refractivity contribution in [2.45, 2.75) is 37.5 Å². The highest BCUT2D eigenvalue weighted by atomic mass is 19.4. The Morgan fingerprint density at radius 2 is 1.86 bits per heavy atom. The zero-order chi connectivity index (χ0) is 26.8. The van der Waals surface area contributed by atoms with E-state index in [4.69, 9.17) is 13.9 Å². The van der Waals surface area contributed by atoms with Crippen LogP contribution in [0.3, 0.4) is 0 Å². The molecule has 0 unspecified atom stereocenters. The fourth-order valence-electron chi connectivity index (χ4n) is 3.37. The number of benzene rings is 1. The first-order valence-corrected chi connectivity index (χ1v) is 10.5. The van der Waals surface area contributed by atoms with Crippen LogP contribution in [0, 0.1) is 5.82 Å². The number of carbonyl (C=O) groups is 1. The molecule has 2 aromatic heterocycles. The van der Waals surface area contributed by atoms with E-state index in [0.29, 0.717) is 25.0 Å². The molecule has 0 saturated carbocycles. The minimum atomic E-state index is -4.91.